The Morgan fingerprint density at radius 3 is 2.71 bits per heavy atom. The number of benzene rings is 1. The Bertz CT molecular complexity index is 667. The van der Waals surface area contributed by atoms with Crippen LogP contribution in [0.1, 0.15) is 31.7 Å². The molecule has 8 heteroatoms. The fourth-order valence-electron chi connectivity index (χ4n) is 1.65. The van der Waals surface area contributed by atoms with Crippen molar-refractivity contribution < 1.29 is 22.7 Å². The summed E-state index contributed by atoms with van der Waals surface area (Å²) in [6.07, 6.45) is 1.42. The molecule has 1 aromatic carbocycles. The van der Waals surface area contributed by atoms with Crippen LogP contribution in [0.5, 0.6) is 0 Å². The van der Waals surface area contributed by atoms with Crippen molar-refractivity contribution in [1.29, 1.82) is 5.26 Å². The van der Waals surface area contributed by atoms with Gasteiger partial charge in [-0.25, -0.2) is 12.8 Å². The Labute approximate surface area is 122 Å². The second kappa shape index (κ2) is 7.15. The first kappa shape index (κ1) is 17.1. The Balaban J connectivity index is 3.05. The smallest absolute Gasteiger partial charge is 0.321 e. The summed E-state index contributed by atoms with van der Waals surface area (Å²) in [5, 5.41) is 17.7. The summed E-state index contributed by atoms with van der Waals surface area (Å²) < 4.78 is 39.4. The molecule has 0 spiro atoms. The Hall–Kier alpha value is -1.98. The van der Waals surface area contributed by atoms with Crippen LogP contribution in [0.15, 0.2) is 23.1 Å². The number of hydrogen-bond acceptors (Lipinski definition) is 4. The summed E-state index contributed by atoms with van der Waals surface area (Å²) >= 11 is 0. The van der Waals surface area contributed by atoms with E-state index in [9.17, 15) is 17.6 Å². The number of aliphatic carboxylic acids is 1. The highest BCUT2D eigenvalue weighted by molar-refractivity contribution is 7.89. The molecule has 0 fully saturated rings. The second-order valence-corrected chi connectivity index (χ2v) is 6.12. The van der Waals surface area contributed by atoms with Gasteiger partial charge in [0.1, 0.15) is 17.9 Å². The normalized spacial score (nSPS) is 12.6. The fourth-order valence-corrected chi connectivity index (χ4v) is 2.90. The number of hydrogen-bond donors (Lipinski definition) is 2. The molecule has 1 rings (SSSR count). The van der Waals surface area contributed by atoms with E-state index in [1.165, 1.54) is 6.07 Å². The maximum absolute atomic E-state index is 13.2. The summed E-state index contributed by atoms with van der Waals surface area (Å²) in [6.45, 7) is 1.85. The Kier molecular flexibility index (Phi) is 5.81. The Morgan fingerprint density at radius 2 is 2.19 bits per heavy atom. The predicted octanol–water partition coefficient (Wildman–Crippen LogP) is 1.62. The molecule has 114 valence electrons. The largest absolute Gasteiger partial charge is 0.480 e. The summed E-state index contributed by atoms with van der Waals surface area (Å²) in [4.78, 5) is 10.7. The summed E-state index contributed by atoms with van der Waals surface area (Å²) in [5.74, 6) is -2.12. The van der Waals surface area contributed by atoms with Gasteiger partial charge in [-0.2, -0.15) is 9.98 Å². The minimum Gasteiger partial charge on any atom is -0.480 e. The third-order valence-electron chi connectivity index (χ3n) is 2.81. The number of unbranched alkanes of at least 4 members (excludes halogenated alkanes) is 1. The standard InChI is InChI=1S/C13H15FN2O4S/c1-2-3-4-12(13(17)18)16-21(19,20)10-5-6-11(14)9(7-10)8-15/h5-7,12,16H,2-4H2,1H3,(H,17,18)/t12-/m0/s1. The van der Waals surface area contributed by atoms with Gasteiger partial charge in [-0.05, 0) is 24.6 Å². The molecule has 2 N–H and O–H groups in total. The maximum Gasteiger partial charge on any atom is 0.321 e. The van der Waals surface area contributed by atoms with Crippen molar-refractivity contribution in [3.8, 4) is 6.07 Å². The van der Waals surface area contributed by atoms with Crippen molar-refractivity contribution in [3.63, 3.8) is 0 Å². The van der Waals surface area contributed by atoms with E-state index in [-0.39, 0.29) is 11.3 Å². The van der Waals surface area contributed by atoms with Gasteiger partial charge in [-0.3, -0.25) is 4.79 Å². The molecule has 0 radical (unpaired) electrons. The van der Waals surface area contributed by atoms with Gasteiger partial charge in [0.25, 0.3) is 0 Å². The topological polar surface area (TPSA) is 107 Å². The van der Waals surface area contributed by atoms with Crippen LogP contribution in [0.3, 0.4) is 0 Å². The number of nitriles is 1. The van der Waals surface area contributed by atoms with Gasteiger partial charge in [0.15, 0.2) is 0 Å². The van der Waals surface area contributed by atoms with Crippen LogP contribution in [-0.2, 0) is 14.8 Å². The Morgan fingerprint density at radius 1 is 1.52 bits per heavy atom. The predicted molar refractivity (Wildman–Crippen MR) is 72.4 cm³/mol. The lowest BCUT2D eigenvalue weighted by Gasteiger charge is -2.14. The molecule has 0 saturated heterocycles. The van der Waals surface area contributed by atoms with E-state index in [0.717, 1.165) is 24.6 Å². The van der Waals surface area contributed by atoms with Gasteiger partial charge >= 0.3 is 5.97 Å². The molecule has 1 aromatic rings. The summed E-state index contributed by atoms with van der Waals surface area (Å²) in [5.41, 5.74) is -0.418. The lowest BCUT2D eigenvalue weighted by Crippen LogP contribution is -2.40. The van der Waals surface area contributed by atoms with E-state index in [1.54, 1.807) is 0 Å². The number of carbonyl (C=O) groups is 1. The highest BCUT2D eigenvalue weighted by Crippen LogP contribution is 2.15. The van der Waals surface area contributed by atoms with E-state index in [1.807, 2.05) is 6.92 Å². The number of nitrogens with one attached hydrogen (secondary N) is 1. The molecule has 0 bridgehead atoms. The van der Waals surface area contributed by atoms with E-state index < -0.39 is 33.4 Å². The molecule has 0 aromatic heterocycles. The number of carboxylic acid groups (broad SMARTS) is 1. The monoisotopic (exact) mass is 314 g/mol. The molecular weight excluding hydrogens is 299 g/mol. The van der Waals surface area contributed by atoms with Crippen LogP contribution in [-0.4, -0.2) is 25.5 Å². The van der Waals surface area contributed by atoms with Crippen molar-refractivity contribution in [2.75, 3.05) is 0 Å². The molecule has 0 aliphatic heterocycles. The molecule has 1 atom stereocenters. The van der Waals surface area contributed by atoms with Crippen molar-refractivity contribution in [2.24, 2.45) is 0 Å². The molecule has 0 saturated carbocycles. The van der Waals surface area contributed by atoms with Gasteiger partial charge in [-0.15, -0.1) is 0 Å². The number of carboxylic acids is 1. The average molecular weight is 314 g/mol. The van der Waals surface area contributed by atoms with Crippen molar-refractivity contribution in [2.45, 2.75) is 37.1 Å². The highest BCUT2D eigenvalue weighted by atomic mass is 32.2. The zero-order valence-corrected chi connectivity index (χ0v) is 12.2. The zero-order valence-electron chi connectivity index (χ0n) is 11.3. The minimum absolute atomic E-state index is 0.150. The molecule has 0 unspecified atom stereocenters. The van der Waals surface area contributed by atoms with Gasteiger partial charge < -0.3 is 5.11 Å². The van der Waals surface area contributed by atoms with E-state index in [2.05, 4.69) is 4.72 Å². The van der Waals surface area contributed by atoms with E-state index in [0.29, 0.717) is 6.42 Å². The maximum atomic E-state index is 13.2. The lowest BCUT2D eigenvalue weighted by molar-refractivity contribution is -0.139. The van der Waals surface area contributed by atoms with Gasteiger partial charge in [0.05, 0.1) is 10.5 Å². The lowest BCUT2D eigenvalue weighted by atomic mass is 10.1. The molecular formula is C13H15FN2O4S. The SMILES string of the molecule is CCCC[C@H](NS(=O)(=O)c1ccc(F)c(C#N)c1)C(=O)O. The van der Waals surface area contributed by atoms with E-state index in [4.69, 9.17) is 10.4 Å². The highest BCUT2D eigenvalue weighted by Gasteiger charge is 2.25. The number of halogens is 1. The average Bonchev–Trinajstić information content (AvgIpc) is 2.43. The van der Waals surface area contributed by atoms with E-state index >= 15 is 0 Å². The first-order valence-electron chi connectivity index (χ1n) is 6.26. The van der Waals surface area contributed by atoms with Gasteiger partial charge in [0.2, 0.25) is 10.0 Å². The van der Waals surface area contributed by atoms with Crippen molar-refractivity contribution in [1.82, 2.24) is 4.72 Å². The first-order valence-corrected chi connectivity index (χ1v) is 7.75. The second-order valence-electron chi connectivity index (χ2n) is 4.41. The third kappa shape index (κ3) is 4.51. The van der Waals surface area contributed by atoms with Gasteiger partial charge in [-0.1, -0.05) is 19.8 Å². The summed E-state index contributed by atoms with van der Waals surface area (Å²) in [7, 11) is -4.13. The van der Waals surface area contributed by atoms with Crippen LogP contribution < -0.4 is 4.72 Å². The van der Waals surface area contributed by atoms with Crippen LogP contribution in [0, 0.1) is 17.1 Å². The van der Waals surface area contributed by atoms with Crippen LogP contribution in [0.4, 0.5) is 4.39 Å². The minimum atomic E-state index is -4.13. The van der Waals surface area contributed by atoms with Crippen LogP contribution in [0.2, 0.25) is 0 Å². The van der Waals surface area contributed by atoms with Crippen molar-refractivity contribution >= 4 is 16.0 Å². The summed E-state index contributed by atoms with van der Waals surface area (Å²) in [6, 6.07) is 2.99. The molecule has 0 aliphatic carbocycles. The van der Waals surface area contributed by atoms with Crippen LogP contribution >= 0.6 is 0 Å². The van der Waals surface area contributed by atoms with Crippen molar-refractivity contribution in [3.05, 3.63) is 29.6 Å². The quantitative estimate of drug-likeness (QED) is 0.795. The van der Waals surface area contributed by atoms with Gasteiger partial charge in [0, 0.05) is 0 Å². The zero-order chi connectivity index (χ0) is 16.0. The molecule has 0 amide bonds. The first-order chi connectivity index (χ1) is 9.81. The number of sulfonamides is 1. The number of rotatable bonds is 7. The molecule has 0 heterocycles. The molecule has 6 nitrogen and oxygen atoms in total. The fraction of sp³-hybridized carbons (Fsp3) is 0.385. The number of nitrogens with zero attached hydrogens (tertiary/aromatic N) is 1. The molecule has 0 aliphatic rings. The van der Waals surface area contributed by atoms with Crippen LogP contribution in [0.25, 0.3) is 0 Å². The molecule has 21 heavy (non-hydrogen) atoms. The third-order valence-corrected chi connectivity index (χ3v) is 4.28.